The molecule has 134 valence electrons. The third-order valence-electron chi connectivity index (χ3n) is 4.74. The van der Waals surface area contributed by atoms with Crippen LogP contribution in [0.1, 0.15) is 31.0 Å². The molecule has 25 heavy (non-hydrogen) atoms. The monoisotopic (exact) mass is 340 g/mol. The molecule has 0 saturated carbocycles. The summed E-state index contributed by atoms with van der Waals surface area (Å²) < 4.78 is 0. The molecular formula is C19H28N6. The minimum atomic E-state index is 0.292. The first kappa shape index (κ1) is 17.8. The molecule has 1 aliphatic heterocycles. The van der Waals surface area contributed by atoms with E-state index in [1.165, 1.54) is 5.56 Å². The first-order valence-electron chi connectivity index (χ1n) is 9.01. The highest BCUT2D eigenvalue weighted by Crippen LogP contribution is 2.21. The molecule has 0 amide bonds. The Morgan fingerprint density at radius 3 is 2.28 bits per heavy atom. The van der Waals surface area contributed by atoms with E-state index >= 15 is 0 Å². The lowest BCUT2D eigenvalue weighted by molar-refractivity contribution is 0.311. The van der Waals surface area contributed by atoms with Gasteiger partial charge >= 0.3 is 0 Å². The van der Waals surface area contributed by atoms with E-state index in [0.717, 1.165) is 44.2 Å². The number of piperazine rings is 1. The predicted molar refractivity (Wildman–Crippen MR) is 100 cm³/mol. The van der Waals surface area contributed by atoms with E-state index in [2.05, 4.69) is 63.1 Å². The van der Waals surface area contributed by atoms with Crippen molar-refractivity contribution in [1.82, 2.24) is 25.2 Å². The van der Waals surface area contributed by atoms with E-state index < -0.39 is 0 Å². The summed E-state index contributed by atoms with van der Waals surface area (Å²) in [7, 11) is 2.15. The standard InChI is InChI=1S/C19H28N6/c1-15(2)18(17-4-6-20-7-5-17)21-12-16-13-22-19(23-14-16)25-10-8-24(3)9-11-25/h4-7,13-15,18,21H,8-12H2,1-3H3/t18-/m1/s1. The molecule has 0 aliphatic carbocycles. The molecular weight excluding hydrogens is 312 g/mol. The molecule has 6 heteroatoms. The second-order valence-electron chi connectivity index (χ2n) is 7.06. The number of pyridine rings is 1. The Balaban J connectivity index is 1.59. The zero-order valence-corrected chi connectivity index (χ0v) is 15.4. The van der Waals surface area contributed by atoms with Crippen molar-refractivity contribution in [2.45, 2.75) is 26.4 Å². The molecule has 2 aromatic rings. The van der Waals surface area contributed by atoms with Crippen LogP contribution in [0.2, 0.25) is 0 Å². The molecule has 0 bridgehead atoms. The Morgan fingerprint density at radius 2 is 1.68 bits per heavy atom. The first-order chi connectivity index (χ1) is 12.1. The van der Waals surface area contributed by atoms with Crippen LogP contribution in [0.15, 0.2) is 36.9 Å². The summed E-state index contributed by atoms with van der Waals surface area (Å²) in [6.07, 6.45) is 7.58. The topological polar surface area (TPSA) is 57.2 Å². The van der Waals surface area contributed by atoms with Crippen LogP contribution in [0.4, 0.5) is 5.95 Å². The van der Waals surface area contributed by atoms with Gasteiger partial charge in [0.1, 0.15) is 0 Å². The lowest BCUT2D eigenvalue weighted by Gasteiger charge is -2.32. The lowest BCUT2D eigenvalue weighted by atomic mass is 9.97. The summed E-state index contributed by atoms with van der Waals surface area (Å²) in [6.45, 7) is 9.32. The summed E-state index contributed by atoms with van der Waals surface area (Å²) in [6, 6.07) is 4.44. The van der Waals surface area contributed by atoms with Gasteiger partial charge in [0.25, 0.3) is 0 Å². The minimum Gasteiger partial charge on any atom is -0.338 e. The van der Waals surface area contributed by atoms with Crippen LogP contribution >= 0.6 is 0 Å². The van der Waals surface area contributed by atoms with Gasteiger partial charge in [0.2, 0.25) is 5.95 Å². The SMILES string of the molecule is CC(C)[C@@H](NCc1cnc(N2CCN(C)CC2)nc1)c1ccncc1. The quantitative estimate of drug-likeness (QED) is 0.869. The van der Waals surface area contributed by atoms with Crippen molar-refractivity contribution < 1.29 is 0 Å². The molecule has 1 atom stereocenters. The predicted octanol–water partition coefficient (Wildman–Crippen LogP) is 2.11. The first-order valence-corrected chi connectivity index (χ1v) is 9.01. The molecule has 1 saturated heterocycles. The summed E-state index contributed by atoms with van der Waals surface area (Å²) in [4.78, 5) is 17.8. The van der Waals surface area contributed by atoms with Gasteiger partial charge in [0.05, 0.1) is 0 Å². The molecule has 6 nitrogen and oxygen atoms in total. The van der Waals surface area contributed by atoms with Gasteiger partial charge in [-0.15, -0.1) is 0 Å². The molecule has 0 aromatic carbocycles. The number of rotatable bonds is 6. The van der Waals surface area contributed by atoms with E-state index in [-0.39, 0.29) is 0 Å². The van der Waals surface area contributed by atoms with Crippen molar-refractivity contribution in [3.63, 3.8) is 0 Å². The van der Waals surface area contributed by atoms with E-state index in [1.54, 1.807) is 0 Å². The van der Waals surface area contributed by atoms with Gasteiger partial charge < -0.3 is 15.1 Å². The molecule has 3 heterocycles. The third-order valence-corrected chi connectivity index (χ3v) is 4.74. The second kappa shape index (κ2) is 8.36. The van der Waals surface area contributed by atoms with Gasteiger partial charge in [0, 0.05) is 69.1 Å². The number of aromatic nitrogens is 3. The molecule has 1 aliphatic rings. The molecule has 0 radical (unpaired) electrons. The average Bonchev–Trinajstić information content (AvgIpc) is 2.64. The number of likely N-dealkylation sites (N-methyl/N-ethyl adjacent to an activating group) is 1. The van der Waals surface area contributed by atoms with Crippen molar-refractivity contribution in [2.75, 3.05) is 38.1 Å². The fraction of sp³-hybridized carbons (Fsp3) is 0.526. The third kappa shape index (κ3) is 4.74. The van der Waals surface area contributed by atoms with Crippen molar-refractivity contribution in [1.29, 1.82) is 0 Å². The average molecular weight is 340 g/mol. The number of hydrogen-bond acceptors (Lipinski definition) is 6. The summed E-state index contributed by atoms with van der Waals surface area (Å²) in [5, 5.41) is 3.63. The van der Waals surface area contributed by atoms with Gasteiger partial charge in [-0.1, -0.05) is 13.8 Å². The molecule has 3 rings (SSSR count). The molecule has 0 spiro atoms. The zero-order chi connectivity index (χ0) is 17.6. The Morgan fingerprint density at radius 1 is 1.04 bits per heavy atom. The van der Waals surface area contributed by atoms with Crippen LogP contribution in [0.25, 0.3) is 0 Å². The molecule has 2 aromatic heterocycles. The van der Waals surface area contributed by atoms with Crippen molar-refractivity contribution in [3.8, 4) is 0 Å². The lowest BCUT2D eigenvalue weighted by Crippen LogP contribution is -2.45. The van der Waals surface area contributed by atoms with Gasteiger partial charge in [-0.25, -0.2) is 9.97 Å². The zero-order valence-electron chi connectivity index (χ0n) is 15.4. The minimum absolute atomic E-state index is 0.292. The Bertz CT molecular complexity index is 635. The largest absolute Gasteiger partial charge is 0.338 e. The van der Waals surface area contributed by atoms with E-state index in [0.29, 0.717) is 12.0 Å². The van der Waals surface area contributed by atoms with Crippen LogP contribution in [-0.4, -0.2) is 53.1 Å². The van der Waals surface area contributed by atoms with Gasteiger partial charge in [0.15, 0.2) is 0 Å². The summed E-state index contributed by atoms with van der Waals surface area (Å²) in [5.74, 6) is 1.33. The van der Waals surface area contributed by atoms with Crippen LogP contribution in [0, 0.1) is 5.92 Å². The van der Waals surface area contributed by atoms with Crippen LogP contribution in [0.3, 0.4) is 0 Å². The Kier molecular flexibility index (Phi) is 5.94. The normalized spacial score (nSPS) is 17.0. The highest BCUT2D eigenvalue weighted by molar-refractivity contribution is 5.30. The highest BCUT2D eigenvalue weighted by atomic mass is 15.3. The highest BCUT2D eigenvalue weighted by Gasteiger charge is 2.17. The van der Waals surface area contributed by atoms with Crippen molar-refractivity contribution >= 4 is 5.95 Å². The number of anilines is 1. The maximum absolute atomic E-state index is 4.57. The second-order valence-corrected chi connectivity index (χ2v) is 7.06. The van der Waals surface area contributed by atoms with Gasteiger partial charge in [-0.3, -0.25) is 4.98 Å². The fourth-order valence-electron chi connectivity index (χ4n) is 3.15. The van der Waals surface area contributed by atoms with Crippen LogP contribution in [0.5, 0.6) is 0 Å². The van der Waals surface area contributed by atoms with Gasteiger partial charge in [-0.2, -0.15) is 0 Å². The number of nitrogens with one attached hydrogen (secondary N) is 1. The van der Waals surface area contributed by atoms with Crippen molar-refractivity contribution in [3.05, 3.63) is 48.0 Å². The Labute approximate surface area is 150 Å². The van der Waals surface area contributed by atoms with Crippen LogP contribution in [-0.2, 0) is 6.54 Å². The maximum atomic E-state index is 4.57. The number of hydrogen-bond donors (Lipinski definition) is 1. The van der Waals surface area contributed by atoms with Crippen molar-refractivity contribution in [2.24, 2.45) is 5.92 Å². The Hall–Kier alpha value is -2.05. The molecule has 0 unspecified atom stereocenters. The summed E-state index contributed by atoms with van der Waals surface area (Å²) in [5.41, 5.74) is 2.37. The summed E-state index contributed by atoms with van der Waals surface area (Å²) >= 11 is 0. The van der Waals surface area contributed by atoms with Gasteiger partial charge in [-0.05, 0) is 30.7 Å². The molecule has 1 fully saturated rings. The fourth-order valence-corrected chi connectivity index (χ4v) is 3.15. The van der Waals surface area contributed by atoms with E-state index in [4.69, 9.17) is 0 Å². The van der Waals surface area contributed by atoms with E-state index in [1.807, 2.05) is 24.8 Å². The maximum Gasteiger partial charge on any atom is 0.225 e. The smallest absolute Gasteiger partial charge is 0.225 e. The molecule has 1 N–H and O–H groups in total. The number of nitrogens with zero attached hydrogens (tertiary/aromatic N) is 5. The van der Waals surface area contributed by atoms with E-state index in [9.17, 15) is 0 Å². The van der Waals surface area contributed by atoms with Crippen LogP contribution < -0.4 is 10.2 Å².